The summed E-state index contributed by atoms with van der Waals surface area (Å²) >= 11 is 2.07. The predicted octanol–water partition coefficient (Wildman–Crippen LogP) is 1.57. The normalized spacial score (nSPS) is 24.5. The van der Waals surface area contributed by atoms with E-state index in [2.05, 4.69) is 56.0 Å². The minimum Gasteiger partial charge on any atom is -0.357 e. The third-order valence-corrected chi connectivity index (χ3v) is 5.88. The van der Waals surface area contributed by atoms with Crippen LogP contribution in [0.1, 0.15) is 44.8 Å². The van der Waals surface area contributed by atoms with Crippen LogP contribution in [-0.2, 0) is 19.5 Å². The number of nitrogens with one attached hydrogen (secondary N) is 2. The van der Waals surface area contributed by atoms with E-state index in [1.165, 1.54) is 25.0 Å². The Morgan fingerprint density at radius 2 is 2.27 bits per heavy atom. The molecule has 1 saturated heterocycles. The maximum Gasteiger partial charge on any atom is 0.191 e. The molecular formula is C15H26N6S. The van der Waals surface area contributed by atoms with Gasteiger partial charge in [0.1, 0.15) is 12.4 Å². The zero-order valence-electron chi connectivity index (χ0n) is 13.6. The average molecular weight is 322 g/mol. The number of nitrogens with zero attached hydrogens (tertiary/aromatic N) is 4. The zero-order chi connectivity index (χ0) is 15.4. The van der Waals surface area contributed by atoms with Crippen LogP contribution < -0.4 is 10.6 Å². The van der Waals surface area contributed by atoms with Crippen LogP contribution in [0.4, 0.5) is 0 Å². The second kappa shape index (κ2) is 6.89. The maximum atomic E-state index is 4.69. The van der Waals surface area contributed by atoms with E-state index in [4.69, 9.17) is 0 Å². The fraction of sp³-hybridized carbons (Fsp3) is 0.800. The van der Waals surface area contributed by atoms with Gasteiger partial charge < -0.3 is 15.2 Å². The molecule has 0 radical (unpaired) electrons. The Bertz CT molecular complexity index is 532. The van der Waals surface area contributed by atoms with E-state index in [1.807, 2.05) is 0 Å². The van der Waals surface area contributed by atoms with E-state index in [-0.39, 0.29) is 0 Å². The summed E-state index contributed by atoms with van der Waals surface area (Å²) in [7, 11) is 0. The minimum atomic E-state index is 0.340. The molecule has 0 bridgehead atoms. The van der Waals surface area contributed by atoms with E-state index in [0.717, 1.165) is 43.7 Å². The lowest BCUT2D eigenvalue weighted by Gasteiger charge is -2.24. The number of hydrogen-bond acceptors (Lipinski definition) is 4. The molecule has 2 N–H and O–H groups in total. The lowest BCUT2D eigenvalue weighted by Crippen LogP contribution is -2.43. The molecule has 122 valence electrons. The van der Waals surface area contributed by atoms with Crippen LogP contribution in [0.3, 0.4) is 0 Å². The van der Waals surface area contributed by atoms with Crippen molar-refractivity contribution in [1.29, 1.82) is 0 Å². The molecule has 0 saturated carbocycles. The summed E-state index contributed by atoms with van der Waals surface area (Å²) in [6, 6.07) is 0. The molecule has 1 unspecified atom stereocenters. The van der Waals surface area contributed by atoms with Crippen molar-refractivity contribution in [3.8, 4) is 0 Å². The first kappa shape index (κ1) is 15.6. The molecule has 22 heavy (non-hydrogen) atoms. The van der Waals surface area contributed by atoms with E-state index < -0.39 is 0 Å². The molecule has 6 nitrogen and oxygen atoms in total. The van der Waals surface area contributed by atoms with Crippen molar-refractivity contribution in [3.05, 3.63) is 11.6 Å². The molecule has 3 heterocycles. The highest BCUT2D eigenvalue weighted by Gasteiger charge is 2.29. The molecule has 0 amide bonds. The zero-order valence-corrected chi connectivity index (χ0v) is 14.4. The van der Waals surface area contributed by atoms with Gasteiger partial charge in [-0.3, -0.25) is 0 Å². The van der Waals surface area contributed by atoms with Crippen LogP contribution in [0, 0.1) is 0 Å². The van der Waals surface area contributed by atoms with E-state index in [1.54, 1.807) is 0 Å². The van der Waals surface area contributed by atoms with Crippen molar-refractivity contribution < 1.29 is 0 Å². The van der Waals surface area contributed by atoms with Crippen LogP contribution in [0.25, 0.3) is 0 Å². The predicted molar refractivity (Wildman–Crippen MR) is 91.3 cm³/mol. The fourth-order valence-corrected chi connectivity index (χ4v) is 4.31. The van der Waals surface area contributed by atoms with Crippen molar-refractivity contribution in [2.75, 3.05) is 18.8 Å². The Balaban J connectivity index is 1.60. The number of aliphatic imine (C=N–C) groups is 1. The molecule has 1 aromatic rings. The van der Waals surface area contributed by atoms with E-state index in [0.29, 0.717) is 11.3 Å². The van der Waals surface area contributed by atoms with Gasteiger partial charge in [0.25, 0.3) is 0 Å². The lowest BCUT2D eigenvalue weighted by molar-refractivity contribution is 0.584. The standard InChI is InChI=1S/C15H26N6S/c1-3-16-14(18-11-15(2)7-5-9-22-15)17-10-13-20-19-12-6-4-8-21(12)13/h3-11H2,1-2H3,(H2,16,17,18). The Kier molecular flexibility index (Phi) is 4.90. The van der Waals surface area contributed by atoms with Gasteiger partial charge in [0.2, 0.25) is 0 Å². The van der Waals surface area contributed by atoms with Gasteiger partial charge in [0.05, 0.1) is 0 Å². The number of guanidine groups is 1. The summed E-state index contributed by atoms with van der Waals surface area (Å²) in [5.74, 6) is 4.24. The summed E-state index contributed by atoms with van der Waals surface area (Å²) in [5, 5.41) is 15.3. The average Bonchev–Trinajstić information content (AvgIpc) is 3.20. The second-order valence-corrected chi connectivity index (χ2v) is 7.92. The van der Waals surface area contributed by atoms with Gasteiger partial charge in [0.15, 0.2) is 11.8 Å². The summed E-state index contributed by atoms with van der Waals surface area (Å²) in [6.45, 7) is 7.89. The van der Waals surface area contributed by atoms with Gasteiger partial charge in [-0.1, -0.05) is 0 Å². The Labute approximate surface area is 136 Å². The van der Waals surface area contributed by atoms with Crippen molar-refractivity contribution >= 4 is 17.7 Å². The summed E-state index contributed by atoms with van der Waals surface area (Å²) in [6.07, 6.45) is 4.82. The third-order valence-electron chi connectivity index (χ3n) is 4.34. The van der Waals surface area contributed by atoms with Crippen LogP contribution in [0.5, 0.6) is 0 Å². The molecule has 1 aromatic heterocycles. The number of aromatic nitrogens is 3. The molecule has 7 heteroatoms. The van der Waals surface area contributed by atoms with Crippen molar-refractivity contribution in [2.45, 2.75) is 57.4 Å². The molecule has 1 atom stereocenters. The van der Waals surface area contributed by atoms with Crippen molar-refractivity contribution in [2.24, 2.45) is 4.99 Å². The quantitative estimate of drug-likeness (QED) is 0.636. The molecule has 2 aliphatic rings. The first-order valence-electron chi connectivity index (χ1n) is 8.27. The fourth-order valence-electron chi connectivity index (χ4n) is 3.07. The first-order valence-corrected chi connectivity index (χ1v) is 9.26. The lowest BCUT2D eigenvalue weighted by atomic mass is 10.1. The molecular weight excluding hydrogens is 296 g/mol. The molecule has 2 aliphatic heterocycles. The van der Waals surface area contributed by atoms with Gasteiger partial charge in [-0.2, -0.15) is 11.8 Å². The minimum absolute atomic E-state index is 0.340. The largest absolute Gasteiger partial charge is 0.357 e. The number of rotatable bonds is 5. The van der Waals surface area contributed by atoms with E-state index in [9.17, 15) is 0 Å². The van der Waals surface area contributed by atoms with Crippen molar-refractivity contribution in [3.63, 3.8) is 0 Å². The summed E-state index contributed by atoms with van der Waals surface area (Å²) < 4.78 is 2.55. The van der Waals surface area contributed by atoms with Crippen LogP contribution in [0.15, 0.2) is 4.99 Å². The Morgan fingerprint density at radius 1 is 1.36 bits per heavy atom. The monoisotopic (exact) mass is 322 g/mol. The number of fused-ring (bicyclic) bond motifs is 1. The van der Waals surface area contributed by atoms with Gasteiger partial charge >= 0.3 is 0 Å². The van der Waals surface area contributed by atoms with Crippen LogP contribution in [0.2, 0.25) is 0 Å². The van der Waals surface area contributed by atoms with Crippen LogP contribution >= 0.6 is 11.8 Å². The summed E-state index contributed by atoms with van der Waals surface area (Å²) in [5.41, 5.74) is 0. The van der Waals surface area contributed by atoms with Gasteiger partial charge in [-0.25, -0.2) is 4.99 Å². The third kappa shape index (κ3) is 3.56. The molecule has 3 rings (SSSR count). The number of hydrogen-bond donors (Lipinski definition) is 2. The van der Waals surface area contributed by atoms with Gasteiger partial charge in [-0.05, 0) is 38.9 Å². The molecule has 0 spiro atoms. The topological polar surface area (TPSA) is 67.1 Å². The SMILES string of the molecule is CCNC(=NCc1nnc2n1CCC2)NCC1(C)CCCS1. The van der Waals surface area contributed by atoms with E-state index >= 15 is 0 Å². The van der Waals surface area contributed by atoms with Crippen molar-refractivity contribution in [1.82, 2.24) is 25.4 Å². The molecule has 0 aliphatic carbocycles. The highest BCUT2D eigenvalue weighted by Crippen LogP contribution is 2.36. The highest BCUT2D eigenvalue weighted by atomic mass is 32.2. The first-order chi connectivity index (χ1) is 10.7. The Hall–Kier alpha value is -1.24. The van der Waals surface area contributed by atoms with Gasteiger partial charge in [-0.15, -0.1) is 10.2 Å². The number of thioether (sulfide) groups is 1. The maximum absolute atomic E-state index is 4.69. The highest BCUT2D eigenvalue weighted by molar-refractivity contribution is 8.00. The molecule has 0 aromatic carbocycles. The van der Waals surface area contributed by atoms with Crippen LogP contribution in [-0.4, -0.2) is 44.3 Å². The second-order valence-electron chi connectivity index (χ2n) is 6.24. The summed E-state index contributed by atoms with van der Waals surface area (Å²) in [4.78, 5) is 4.69. The smallest absolute Gasteiger partial charge is 0.191 e. The van der Waals surface area contributed by atoms with Gasteiger partial charge in [0, 0.05) is 30.8 Å². The molecule has 1 fully saturated rings. The number of aryl methyl sites for hydroxylation is 1. The Morgan fingerprint density at radius 3 is 3.05 bits per heavy atom.